The number of hydrogen-bond donors (Lipinski definition) is 1. The molecule has 5 heteroatoms. The Labute approximate surface area is 127 Å². The fraction of sp³-hybridized carbons (Fsp3) is 0.400. The number of halogens is 1. The maximum absolute atomic E-state index is 6.13. The van der Waals surface area contributed by atoms with Crippen LogP contribution >= 0.6 is 22.9 Å². The lowest BCUT2D eigenvalue weighted by Gasteiger charge is -2.23. The number of pyridine rings is 1. The molecule has 1 unspecified atom stereocenters. The molecule has 1 N–H and O–H groups in total. The van der Waals surface area contributed by atoms with Crippen molar-refractivity contribution in [1.29, 1.82) is 0 Å². The lowest BCUT2D eigenvalue weighted by atomic mass is 9.94. The molecule has 0 bridgehead atoms. The summed E-state index contributed by atoms with van der Waals surface area (Å²) in [5, 5.41) is 3.61. The van der Waals surface area contributed by atoms with Crippen LogP contribution in [0.5, 0.6) is 5.88 Å². The van der Waals surface area contributed by atoms with E-state index in [-0.39, 0.29) is 0 Å². The molecule has 0 aliphatic heterocycles. The number of nitrogens with zero attached hydrogens (tertiary/aromatic N) is 1. The van der Waals surface area contributed by atoms with E-state index in [2.05, 4.69) is 16.4 Å². The maximum Gasteiger partial charge on any atom is 0.212 e. The molecule has 0 saturated carbocycles. The second-order valence-electron chi connectivity index (χ2n) is 4.96. The van der Waals surface area contributed by atoms with E-state index >= 15 is 0 Å². The van der Waals surface area contributed by atoms with E-state index < -0.39 is 0 Å². The highest BCUT2D eigenvalue weighted by Gasteiger charge is 2.22. The molecule has 0 aromatic carbocycles. The van der Waals surface area contributed by atoms with Gasteiger partial charge in [-0.1, -0.05) is 17.7 Å². The van der Waals surface area contributed by atoms with Gasteiger partial charge >= 0.3 is 0 Å². The van der Waals surface area contributed by atoms with Crippen molar-refractivity contribution in [3.8, 4) is 5.88 Å². The van der Waals surface area contributed by atoms with Gasteiger partial charge in [0.05, 0.1) is 11.4 Å². The third-order valence-corrected chi connectivity index (χ3v) is 4.98. The molecule has 2 heterocycles. The monoisotopic (exact) mass is 308 g/mol. The molecule has 106 valence electrons. The minimum absolute atomic E-state index is 0.407. The largest absolute Gasteiger partial charge is 0.481 e. The fourth-order valence-corrected chi connectivity index (χ4v) is 3.99. The van der Waals surface area contributed by atoms with Gasteiger partial charge in [0.2, 0.25) is 5.88 Å². The second-order valence-corrected chi connectivity index (χ2v) is 6.73. The first-order valence-electron chi connectivity index (χ1n) is 6.76. The van der Waals surface area contributed by atoms with Gasteiger partial charge in [-0.3, -0.25) is 0 Å². The first kappa shape index (κ1) is 13.9. The molecule has 3 rings (SSSR count). The van der Waals surface area contributed by atoms with Crippen molar-refractivity contribution in [2.75, 3.05) is 7.11 Å². The molecular formula is C15H17ClN2OS. The molecule has 0 radical (unpaired) electrons. The van der Waals surface area contributed by atoms with Crippen LogP contribution in [0.25, 0.3) is 0 Å². The summed E-state index contributed by atoms with van der Waals surface area (Å²) in [6.45, 7) is 0.814. The first-order chi connectivity index (χ1) is 9.76. The third-order valence-electron chi connectivity index (χ3n) is 3.64. The van der Waals surface area contributed by atoms with E-state index in [0.29, 0.717) is 11.9 Å². The average Bonchev–Trinajstić information content (AvgIpc) is 2.86. The van der Waals surface area contributed by atoms with Gasteiger partial charge in [-0.2, -0.15) is 0 Å². The summed E-state index contributed by atoms with van der Waals surface area (Å²) < 4.78 is 5.97. The van der Waals surface area contributed by atoms with Gasteiger partial charge in [-0.05, 0) is 36.5 Å². The first-order valence-corrected chi connectivity index (χ1v) is 7.96. The van der Waals surface area contributed by atoms with Gasteiger partial charge in [-0.15, -0.1) is 11.3 Å². The van der Waals surface area contributed by atoms with E-state index in [1.807, 2.05) is 18.3 Å². The third kappa shape index (κ3) is 2.97. The number of ether oxygens (including phenoxy) is 1. The Morgan fingerprint density at radius 1 is 1.50 bits per heavy atom. The van der Waals surface area contributed by atoms with Crippen molar-refractivity contribution in [2.24, 2.45) is 0 Å². The van der Waals surface area contributed by atoms with E-state index in [1.165, 1.54) is 28.8 Å². The van der Waals surface area contributed by atoms with Crippen LogP contribution in [0.15, 0.2) is 24.4 Å². The lowest BCUT2D eigenvalue weighted by molar-refractivity contribution is 0.397. The summed E-state index contributed by atoms with van der Waals surface area (Å²) in [7, 11) is 1.63. The highest BCUT2D eigenvalue weighted by Crippen LogP contribution is 2.37. The van der Waals surface area contributed by atoms with Crippen molar-refractivity contribution in [2.45, 2.75) is 31.8 Å². The second kappa shape index (κ2) is 6.12. The van der Waals surface area contributed by atoms with Crippen molar-refractivity contribution >= 4 is 22.9 Å². The molecule has 2 aromatic heterocycles. The molecule has 1 aliphatic carbocycles. The van der Waals surface area contributed by atoms with Crippen LogP contribution in [0, 0.1) is 0 Å². The number of aromatic nitrogens is 1. The SMILES string of the molecule is COc1ccc(CNC2CCCc3sc(Cl)cc32)cn1. The number of rotatable bonds is 4. The summed E-state index contributed by atoms with van der Waals surface area (Å²) >= 11 is 7.85. The van der Waals surface area contributed by atoms with Gasteiger partial charge in [0, 0.05) is 29.7 Å². The van der Waals surface area contributed by atoms with E-state index in [4.69, 9.17) is 16.3 Å². The Morgan fingerprint density at radius 3 is 3.15 bits per heavy atom. The zero-order valence-corrected chi connectivity index (χ0v) is 12.9. The molecule has 1 aliphatic rings. The summed E-state index contributed by atoms with van der Waals surface area (Å²) in [6.07, 6.45) is 5.41. The number of methoxy groups -OCH3 is 1. The van der Waals surface area contributed by atoms with E-state index in [0.717, 1.165) is 17.3 Å². The van der Waals surface area contributed by atoms with Crippen LogP contribution in [0.3, 0.4) is 0 Å². The fourth-order valence-electron chi connectivity index (χ4n) is 2.61. The average molecular weight is 309 g/mol. The summed E-state index contributed by atoms with van der Waals surface area (Å²) in [4.78, 5) is 5.66. The predicted molar refractivity (Wildman–Crippen MR) is 82.6 cm³/mol. The molecule has 3 nitrogen and oxygen atoms in total. The van der Waals surface area contributed by atoms with Crippen molar-refractivity contribution in [3.63, 3.8) is 0 Å². The Morgan fingerprint density at radius 2 is 2.40 bits per heavy atom. The van der Waals surface area contributed by atoms with E-state index in [1.54, 1.807) is 18.4 Å². The Balaban J connectivity index is 1.66. The van der Waals surface area contributed by atoms with Gasteiger partial charge in [-0.25, -0.2) is 4.98 Å². The molecule has 0 saturated heterocycles. The number of fused-ring (bicyclic) bond motifs is 1. The normalized spacial score (nSPS) is 17.8. The summed E-state index contributed by atoms with van der Waals surface area (Å²) in [5.41, 5.74) is 2.55. The zero-order chi connectivity index (χ0) is 13.9. The lowest BCUT2D eigenvalue weighted by Crippen LogP contribution is -2.23. The molecule has 0 amide bonds. The molecule has 0 spiro atoms. The zero-order valence-electron chi connectivity index (χ0n) is 11.4. The van der Waals surface area contributed by atoms with Crippen LogP contribution in [0.1, 0.15) is 34.9 Å². The molecular weight excluding hydrogens is 292 g/mol. The van der Waals surface area contributed by atoms with Crippen LogP contribution in [0.4, 0.5) is 0 Å². The topological polar surface area (TPSA) is 34.1 Å². The van der Waals surface area contributed by atoms with Crippen molar-refractivity contribution in [3.05, 3.63) is 44.7 Å². The van der Waals surface area contributed by atoms with Crippen LogP contribution < -0.4 is 10.1 Å². The molecule has 1 atom stereocenters. The van der Waals surface area contributed by atoms with Crippen LogP contribution in [0.2, 0.25) is 4.34 Å². The minimum Gasteiger partial charge on any atom is -0.481 e. The van der Waals surface area contributed by atoms with Gasteiger partial charge in [0.15, 0.2) is 0 Å². The quantitative estimate of drug-likeness (QED) is 0.928. The summed E-state index contributed by atoms with van der Waals surface area (Å²) in [6, 6.07) is 6.46. The van der Waals surface area contributed by atoms with Gasteiger partial charge < -0.3 is 10.1 Å². The number of hydrogen-bond acceptors (Lipinski definition) is 4. The summed E-state index contributed by atoms with van der Waals surface area (Å²) in [5.74, 6) is 0.651. The highest BCUT2D eigenvalue weighted by molar-refractivity contribution is 7.16. The number of thiophene rings is 1. The van der Waals surface area contributed by atoms with E-state index in [9.17, 15) is 0 Å². The van der Waals surface area contributed by atoms with Crippen molar-refractivity contribution in [1.82, 2.24) is 10.3 Å². The number of nitrogens with one attached hydrogen (secondary N) is 1. The predicted octanol–water partition coefficient (Wildman–Crippen LogP) is 3.97. The van der Waals surface area contributed by atoms with Crippen LogP contribution in [-0.4, -0.2) is 12.1 Å². The van der Waals surface area contributed by atoms with Crippen LogP contribution in [-0.2, 0) is 13.0 Å². The van der Waals surface area contributed by atoms with Gasteiger partial charge in [0.1, 0.15) is 0 Å². The highest BCUT2D eigenvalue weighted by atomic mass is 35.5. The minimum atomic E-state index is 0.407. The Hall–Kier alpha value is -1.10. The Kier molecular flexibility index (Phi) is 4.24. The smallest absolute Gasteiger partial charge is 0.212 e. The molecule has 2 aromatic rings. The molecule has 0 fully saturated rings. The Bertz CT molecular complexity index is 582. The number of aryl methyl sites for hydroxylation is 1. The molecule has 20 heavy (non-hydrogen) atoms. The maximum atomic E-state index is 6.13. The van der Waals surface area contributed by atoms with Crippen molar-refractivity contribution < 1.29 is 4.74 Å². The standard InChI is InChI=1S/C15H17ClN2OS/c1-19-15-6-5-10(9-18-15)8-17-12-3-2-4-13-11(12)7-14(16)20-13/h5-7,9,12,17H,2-4,8H2,1H3. The van der Waals surface area contributed by atoms with Gasteiger partial charge in [0.25, 0.3) is 0 Å².